The molecule has 0 aromatic rings. The SMILES string of the molecule is COC[C@@H](C(=O)O)N(C)CC[C@H](NCC[C@H](N)C(=O)O)C(=O)O. The van der Waals surface area contributed by atoms with Crippen molar-refractivity contribution in [2.45, 2.75) is 31.0 Å². The molecule has 3 atom stereocenters. The minimum absolute atomic E-state index is 0.00946. The number of nitrogens with two attached hydrogens (primary N) is 1. The fourth-order valence-corrected chi connectivity index (χ4v) is 1.88. The first-order valence-corrected chi connectivity index (χ1v) is 7.07. The molecule has 23 heavy (non-hydrogen) atoms. The van der Waals surface area contributed by atoms with Crippen LogP contribution in [0, 0.1) is 0 Å². The van der Waals surface area contributed by atoms with Crippen LogP contribution < -0.4 is 11.1 Å². The molecule has 6 N–H and O–H groups in total. The van der Waals surface area contributed by atoms with Gasteiger partial charge in [-0.05, 0) is 26.4 Å². The van der Waals surface area contributed by atoms with Gasteiger partial charge < -0.3 is 31.1 Å². The minimum Gasteiger partial charge on any atom is -0.480 e. The lowest BCUT2D eigenvalue weighted by atomic mass is 10.1. The summed E-state index contributed by atoms with van der Waals surface area (Å²) in [6.45, 7) is 0.342. The highest BCUT2D eigenvalue weighted by Gasteiger charge is 2.25. The fraction of sp³-hybridized carbons (Fsp3) is 0.769. The average Bonchev–Trinajstić information content (AvgIpc) is 2.46. The molecule has 0 aliphatic heterocycles. The Labute approximate surface area is 134 Å². The van der Waals surface area contributed by atoms with E-state index in [1.54, 1.807) is 7.05 Å². The summed E-state index contributed by atoms with van der Waals surface area (Å²) in [7, 11) is 2.95. The Morgan fingerprint density at radius 2 is 1.74 bits per heavy atom. The summed E-state index contributed by atoms with van der Waals surface area (Å²) in [6.07, 6.45) is 0.248. The van der Waals surface area contributed by atoms with E-state index >= 15 is 0 Å². The summed E-state index contributed by atoms with van der Waals surface area (Å²) in [6, 6.07) is -2.84. The Morgan fingerprint density at radius 1 is 1.13 bits per heavy atom. The van der Waals surface area contributed by atoms with Crippen LogP contribution in [0.3, 0.4) is 0 Å². The standard InChI is InChI=1S/C13H25N3O7/c1-16(10(7-23-2)13(21)22)6-4-9(12(19)20)15-5-3-8(14)11(17)18/h8-10,15H,3-7,14H2,1-2H3,(H,17,18)(H,19,20)(H,21,22)/t8-,9-,10-/m0/s1. The van der Waals surface area contributed by atoms with Crippen molar-refractivity contribution >= 4 is 17.9 Å². The van der Waals surface area contributed by atoms with Crippen LogP contribution in [-0.2, 0) is 19.1 Å². The number of methoxy groups -OCH3 is 1. The van der Waals surface area contributed by atoms with Crippen molar-refractivity contribution in [2.75, 3.05) is 33.9 Å². The number of likely N-dealkylation sites (N-methyl/N-ethyl adjacent to an activating group) is 1. The van der Waals surface area contributed by atoms with Crippen LogP contribution in [0.4, 0.5) is 0 Å². The number of ether oxygens (including phenoxy) is 1. The summed E-state index contributed by atoms with van der Waals surface area (Å²) >= 11 is 0. The molecule has 0 saturated heterocycles. The van der Waals surface area contributed by atoms with Gasteiger partial charge in [-0.15, -0.1) is 0 Å². The van der Waals surface area contributed by atoms with Crippen molar-refractivity contribution in [1.82, 2.24) is 10.2 Å². The number of nitrogens with zero attached hydrogens (tertiary/aromatic N) is 1. The van der Waals surface area contributed by atoms with Crippen LogP contribution in [-0.4, -0.2) is 90.1 Å². The minimum atomic E-state index is -1.15. The van der Waals surface area contributed by atoms with E-state index in [1.165, 1.54) is 12.0 Å². The molecule has 0 heterocycles. The van der Waals surface area contributed by atoms with Crippen molar-refractivity contribution in [2.24, 2.45) is 5.73 Å². The lowest BCUT2D eigenvalue weighted by Crippen LogP contribution is -2.46. The first kappa shape index (κ1) is 21.2. The highest BCUT2D eigenvalue weighted by Crippen LogP contribution is 2.03. The second kappa shape index (κ2) is 10.9. The van der Waals surface area contributed by atoms with Crippen molar-refractivity contribution in [1.29, 1.82) is 0 Å². The van der Waals surface area contributed by atoms with E-state index in [1.807, 2.05) is 0 Å². The Bertz CT molecular complexity index is 405. The number of nitrogens with one attached hydrogen (secondary N) is 1. The predicted octanol–water partition coefficient (Wildman–Crippen LogP) is -1.75. The number of carbonyl (C=O) groups is 3. The van der Waals surface area contributed by atoms with Gasteiger partial charge in [-0.2, -0.15) is 0 Å². The maximum absolute atomic E-state index is 11.2. The quantitative estimate of drug-likeness (QED) is 0.261. The van der Waals surface area contributed by atoms with E-state index < -0.39 is 36.0 Å². The van der Waals surface area contributed by atoms with Crippen LogP contribution in [0.15, 0.2) is 0 Å². The summed E-state index contributed by atoms with van der Waals surface area (Å²) in [5.74, 6) is -3.30. The van der Waals surface area contributed by atoms with E-state index in [9.17, 15) is 14.4 Å². The normalized spacial score (nSPS) is 15.1. The third kappa shape index (κ3) is 8.45. The highest BCUT2D eigenvalue weighted by atomic mass is 16.5. The largest absolute Gasteiger partial charge is 0.480 e. The predicted molar refractivity (Wildman–Crippen MR) is 80.2 cm³/mol. The van der Waals surface area contributed by atoms with Gasteiger partial charge in [0.2, 0.25) is 0 Å². The van der Waals surface area contributed by atoms with E-state index in [4.69, 9.17) is 25.8 Å². The average molecular weight is 335 g/mol. The first-order valence-electron chi connectivity index (χ1n) is 7.07. The number of hydrogen-bond donors (Lipinski definition) is 5. The van der Waals surface area contributed by atoms with Crippen LogP contribution >= 0.6 is 0 Å². The molecule has 0 aliphatic rings. The number of aliphatic carboxylic acids is 3. The molecule has 0 spiro atoms. The van der Waals surface area contributed by atoms with Crippen molar-refractivity contribution in [3.05, 3.63) is 0 Å². The Hall–Kier alpha value is -1.75. The van der Waals surface area contributed by atoms with E-state index in [0.717, 1.165) is 0 Å². The second-order valence-electron chi connectivity index (χ2n) is 5.16. The molecule has 10 heteroatoms. The number of hydrogen-bond acceptors (Lipinski definition) is 7. The first-order chi connectivity index (χ1) is 10.7. The molecule has 0 saturated carbocycles. The highest BCUT2D eigenvalue weighted by molar-refractivity contribution is 5.74. The molecule has 0 unspecified atom stereocenters. The summed E-state index contributed by atoms with van der Waals surface area (Å²) < 4.78 is 4.83. The van der Waals surface area contributed by atoms with Gasteiger partial charge in [0.1, 0.15) is 18.1 Å². The molecule has 0 rings (SSSR count). The summed E-state index contributed by atoms with van der Waals surface area (Å²) in [4.78, 5) is 34.4. The topological polar surface area (TPSA) is 162 Å². The van der Waals surface area contributed by atoms with Gasteiger partial charge in [-0.3, -0.25) is 19.3 Å². The number of rotatable bonds is 13. The molecule has 0 aromatic heterocycles. The van der Waals surface area contributed by atoms with Crippen molar-refractivity contribution in [3.8, 4) is 0 Å². The molecule has 0 aliphatic carbocycles. The van der Waals surface area contributed by atoms with Gasteiger partial charge in [-0.25, -0.2) is 0 Å². The molecular weight excluding hydrogens is 310 g/mol. The fourth-order valence-electron chi connectivity index (χ4n) is 1.88. The van der Waals surface area contributed by atoms with Gasteiger partial charge in [-0.1, -0.05) is 0 Å². The molecule has 0 bridgehead atoms. The van der Waals surface area contributed by atoms with Crippen molar-refractivity contribution in [3.63, 3.8) is 0 Å². The maximum Gasteiger partial charge on any atom is 0.323 e. The summed E-state index contributed by atoms with van der Waals surface area (Å²) in [5, 5.41) is 29.6. The van der Waals surface area contributed by atoms with E-state index in [2.05, 4.69) is 5.32 Å². The smallest absolute Gasteiger partial charge is 0.323 e. The number of carboxylic acid groups (broad SMARTS) is 3. The molecule has 0 amide bonds. The van der Waals surface area contributed by atoms with Crippen LogP contribution in [0.25, 0.3) is 0 Å². The number of carboxylic acids is 3. The Morgan fingerprint density at radius 3 is 2.17 bits per heavy atom. The molecule has 0 fully saturated rings. The zero-order valence-corrected chi connectivity index (χ0v) is 13.3. The third-order valence-electron chi connectivity index (χ3n) is 3.37. The second-order valence-corrected chi connectivity index (χ2v) is 5.16. The van der Waals surface area contributed by atoms with Gasteiger partial charge in [0, 0.05) is 13.7 Å². The van der Waals surface area contributed by atoms with Crippen LogP contribution in [0.2, 0.25) is 0 Å². The molecule has 0 aromatic carbocycles. The Kier molecular flexibility index (Phi) is 10.1. The monoisotopic (exact) mass is 335 g/mol. The van der Waals surface area contributed by atoms with Gasteiger partial charge in [0.25, 0.3) is 0 Å². The molecule has 134 valence electrons. The molecular formula is C13H25N3O7. The van der Waals surface area contributed by atoms with Crippen molar-refractivity contribution < 1.29 is 34.4 Å². The summed E-state index contributed by atoms with van der Waals surface area (Å²) in [5.41, 5.74) is 5.33. The molecule has 10 nitrogen and oxygen atoms in total. The maximum atomic E-state index is 11.2. The van der Waals surface area contributed by atoms with Crippen LogP contribution in [0.1, 0.15) is 12.8 Å². The zero-order chi connectivity index (χ0) is 18.0. The van der Waals surface area contributed by atoms with E-state index in [0.29, 0.717) is 0 Å². The lowest BCUT2D eigenvalue weighted by molar-refractivity contribution is -0.144. The Balaban J connectivity index is 4.39. The van der Waals surface area contributed by atoms with Gasteiger partial charge in [0.05, 0.1) is 6.61 Å². The third-order valence-corrected chi connectivity index (χ3v) is 3.37. The lowest BCUT2D eigenvalue weighted by Gasteiger charge is -2.25. The van der Waals surface area contributed by atoms with E-state index in [-0.39, 0.29) is 32.5 Å². The van der Waals surface area contributed by atoms with Gasteiger partial charge in [0.15, 0.2) is 0 Å². The molecule has 0 radical (unpaired) electrons. The zero-order valence-electron chi connectivity index (χ0n) is 13.3. The van der Waals surface area contributed by atoms with Crippen LogP contribution in [0.5, 0.6) is 0 Å². The van der Waals surface area contributed by atoms with Gasteiger partial charge >= 0.3 is 17.9 Å².